The molecule has 0 aliphatic heterocycles. The van der Waals surface area contributed by atoms with Crippen LogP contribution in [0.25, 0.3) is 11.3 Å². The van der Waals surface area contributed by atoms with Crippen molar-refractivity contribution in [2.45, 2.75) is 13.8 Å². The minimum atomic E-state index is 0.772. The molecule has 14 heavy (non-hydrogen) atoms. The quantitative estimate of drug-likeness (QED) is 0.696. The molecule has 2 rings (SSSR count). The Bertz CT molecular complexity index is 437. The normalized spacial score (nSPS) is 10.4. The van der Waals surface area contributed by atoms with Crippen LogP contribution in [0, 0.1) is 13.8 Å². The Morgan fingerprint density at radius 3 is 2.43 bits per heavy atom. The van der Waals surface area contributed by atoms with E-state index in [2.05, 4.69) is 6.07 Å². The predicted molar refractivity (Wildman–Crippen MR) is 58.0 cm³/mol. The van der Waals surface area contributed by atoms with Crippen molar-refractivity contribution >= 4 is 5.69 Å². The molecule has 0 aliphatic rings. The fourth-order valence-corrected chi connectivity index (χ4v) is 1.54. The van der Waals surface area contributed by atoms with Crippen molar-refractivity contribution in [1.82, 2.24) is 0 Å². The van der Waals surface area contributed by atoms with Crippen molar-refractivity contribution in [3.8, 4) is 11.3 Å². The molecule has 0 aliphatic carbocycles. The smallest absolute Gasteiger partial charge is 0.134 e. The summed E-state index contributed by atoms with van der Waals surface area (Å²) in [6.07, 6.45) is 0. The van der Waals surface area contributed by atoms with E-state index in [1.807, 2.05) is 38.1 Å². The van der Waals surface area contributed by atoms with E-state index in [-0.39, 0.29) is 0 Å². The summed E-state index contributed by atoms with van der Waals surface area (Å²) < 4.78 is 5.52. The van der Waals surface area contributed by atoms with Crippen molar-refractivity contribution in [3.63, 3.8) is 0 Å². The van der Waals surface area contributed by atoms with E-state index < -0.39 is 0 Å². The maximum absolute atomic E-state index is 5.76. The van der Waals surface area contributed by atoms with Crippen LogP contribution in [0.4, 0.5) is 5.69 Å². The molecule has 2 nitrogen and oxygen atoms in total. The molecule has 2 N–H and O–H groups in total. The van der Waals surface area contributed by atoms with Gasteiger partial charge in [-0.3, -0.25) is 0 Å². The molecule has 0 bridgehead atoms. The highest BCUT2D eigenvalue weighted by molar-refractivity contribution is 5.64. The summed E-state index contributed by atoms with van der Waals surface area (Å²) in [6.45, 7) is 3.96. The van der Waals surface area contributed by atoms with Gasteiger partial charge in [0.2, 0.25) is 0 Å². The van der Waals surface area contributed by atoms with Gasteiger partial charge in [-0.1, -0.05) is 0 Å². The summed E-state index contributed by atoms with van der Waals surface area (Å²) in [5.74, 6) is 1.79. The van der Waals surface area contributed by atoms with E-state index in [0.29, 0.717) is 0 Å². The second kappa shape index (κ2) is 3.22. The van der Waals surface area contributed by atoms with Gasteiger partial charge >= 0.3 is 0 Å². The molecule has 1 aromatic carbocycles. The minimum absolute atomic E-state index is 0.772. The average Bonchev–Trinajstić information content (AvgIpc) is 2.50. The molecule has 0 amide bonds. The first-order chi connectivity index (χ1) is 6.65. The van der Waals surface area contributed by atoms with E-state index in [4.69, 9.17) is 10.2 Å². The van der Waals surface area contributed by atoms with Crippen LogP contribution < -0.4 is 5.73 Å². The average molecular weight is 187 g/mol. The van der Waals surface area contributed by atoms with Gasteiger partial charge in [-0.05, 0) is 49.7 Å². The number of anilines is 1. The highest BCUT2D eigenvalue weighted by atomic mass is 16.3. The first-order valence-corrected chi connectivity index (χ1v) is 4.59. The van der Waals surface area contributed by atoms with Gasteiger partial charge in [0.15, 0.2) is 0 Å². The first-order valence-electron chi connectivity index (χ1n) is 4.59. The zero-order valence-corrected chi connectivity index (χ0v) is 8.37. The number of hydrogen-bond acceptors (Lipinski definition) is 2. The maximum atomic E-state index is 5.76. The van der Waals surface area contributed by atoms with Crippen LogP contribution in [0.15, 0.2) is 34.7 Å². The largest absolute Gasteiger partial charge is 0.461 e. The summed E-state index contributed by atoms with van der Waals surface area (Å²) in [6, 6.07) is 9.84. The lowest BCUT2D eigenvalue weighted by Gasteiger charge is -2.01. The summed E-state index contributed by atoms with van der Waals surface area (Å²) in [7, 11) is 0. The molecule has 1 aromatic heterocycles. The number of nitrogen functional groups attached to an aromatic ring is 1. The van der Waals surface area contributed by atoms with Gasteiger partial charge in [-0.25, -0.2) is 0 Å². The van der Waals surface area contributed by atoms with Crippen LogP contribution in [-0.4, -0.2) is 0 Å². The Balaban J connectivity index is 2.51. The molecule has 2 heteroatoms. The standard InChI is InChI=1S/C12H13NO/c1-8-5-10(7-11(13)6-8)12-4-3-9(2)14-12/h3-7H,13H2,1-2H3. The minimum Gasteiger partial charge on any atom is -0.461 e. The van der Waals surface area contributed by atoms with Crippen LogP contribution in [-0.2, 0) is 0 Å². The lowest BCUT2D eigenvalue weighted by Crippen LogP contribution is -1.86. The molecule has 72 valence electrons. The summed E-state index contributed by atoms with van der Waals surface area (Å²) >= 11 is 0. The Labute approximate surface area is 83.4 Å². The van der Waals surface area contributed by atoms with E-state index >= 15 is 0 Å². The number of furan rings is 1. The molecule has 0 saturated carbocycles. The molecule has 0 unspecified atom stereocenters. The van der Waals surface area contributed by atoms with E-state index in [1.54, 1.807) is 0 Å². The lowest BCUT2D eigenvalue weighted by molar-refractivity contribution is 0.548. The van der Waals surface area contributed by atoms with Gasteiger partial charge in [0.1, 0.15) is 11.5 Å². The molecular formula is C12H13NO. The van der Waals surface area contributed by atoms with Gasteiger partial charge in [0.25, 0.3) is 0 Å². The highest BCUT2D eigenvalue weighted by Crippen LogP contribution is 2.24. The molecule has 0 spiro atoms. The van der Waals surface area contributed by atoms with Crippen molar-refractivity contribution in [1.29, 1.82) is 0 Å². The maximum Gasteiger partial charge on any atom is 0.134 e. The van der Waals surface area contributed by atoms with Crippen LogP contribution >= 0.6 is 0 Å². The van der Waals surface area contributed by atoms with Crippen LogP contribution in [0.2, 0.25) is 0 Å². The molecule has 0 fully saturated rings. The van der Waals surface area contributed by atoms with Gasteiger partial charge in [-0.2, -0.15) is 0 Å². The Kier molecular flexibility index (Phi) is 2.04. The number of aryl methyl sites for hydroxylation is 2. The number of benzene rings is 1. The molecule has 1 heterocycles. The fourth-order valence-electron chi connectivity index (χ4n) is 1.54. The number of hydrogen-bond donors (Lipinski definition) is 1. The number of rotatable bonds is 1. The van der Waals surface area contributed by atoms with E-state index in [1.165, 1.54) is 0 Å². The molecule has 0 atom stereocenters. The molecule has 2 aromatic rings. The summed E-state index contributed by atoms with van der Waals surface area (Å²) in [5.41, 5.74) is 8.72. The third-order valence-electron chi connectivity index (χ3n) is 2.12. The van der Waals surface area contributed by atoms with Gasteiger partial charge in [0, 0.05) is 11.3 Å². The topological polar surface area (TPSA) is 39.2 Å². The SMILES string of the molecule is Cc1cc(N)cc(-c2ccc(C)o2)c1. The fraction of sp³-hybridized carbons (Fsp3) is 0.167. The second-order valence-electron chi connectivity index (χ2n) is 3.54. The zero-order valence-electron chi connectivity index (χ0n) is 8.37. The third-order valence-corrected chi connectivity index (χ3v) is 2.12. The predicted octanol–water partition coefficient (Wildman–Crippen LogP) is 3.15. The Hall–Kier alpha value is -1.70. The van der Waals surface area contributed by atoms with Gasteiger partial charge < -0.3 is 10.2 Å². The second-order valence-corrected chi connectivity index (χ2v) is 3.54. The summed E-state index contributed by atoms with van der Waals surface area (Å²) in [5, 5.41) is 0. The first kappa shape index (κ1) is 8.88. The van der Waals surface area contributed by atoms with E-state index in [0.717, 1.165) is 28.3 Å². The summed E-state index contributed by atoms with van der Waals surface area (Å²) in [4.78, 5) is 0. The Morgan fingerprint density at radius 2 is 1.86 bits per heavy atom. The van der Waals surface area contributed by atoms with Crippen molar-refractivity contribution in [2.75, 3.05) is 5.73 Å². The Morgan fingerprint density at radius 1 is 1.07 bits per heavy atom. The van der Waals surface area contributed by atoms with Crippen LogP contribution in [0.1, 0.15) is 11.3 Å². The third kappa shape index (κ3) is 1.64. The van der Waals surface area contributed by atoms with Crippen molar-refractivity contribution in [2.24, 2.45) is 0 Å². The molecular weight excluding hydrogens is 174 g/mol. The molecule has 0 radical (unpaired) electrons. The van der Waals surface area contributed by atoms with Gasteiger partial charge in [-0.15, -0.1) is 0 Å². The van der Waals surface area contributed by atoms with E-state index in [9.17, 15) is 0 Å². The lowest BCUT2D eigenvalue weighted by atomic mass is 10.1. The number of nitrogens with two attached hydrogens (primary N) is 1. The van der Waals surface area contributed by atoms with Crippen LogP contribution in [0.5, 0.6) is 0 Å². The highest BCUT2D eigenvalue weighted by Gasteiger charge is 2.03. The van der Waals surface area contributed by atoms with Crippen molar-refractivity contribution < 1.29 is 4.42 Å². The monoisotopic (exact) mass is 187 g/mol. The zero-order chi connectivity index (χ0) is 10.1. The molecule has 0 saturated heterocycles. The van der Waals surface area contributed by atoms with Crippen LogP contribution in [0.3, 0.4) is 0 Å². The van der Waals surface area contributed by atoms with Gasteiger partial charge in [0.05, 0.1) is 0 Å². The van der Waals surface area contributed by atoms with Crippen molar-refractivity contribution in [3.05, 3.63) is 41.7 Å².